The molecule has 1 heterocycles. The van der Waals surface area contributed by atoms with Crippen molar-refractivity contribution >= 4 is 5.91 Å². The van der Waals surface area contributed by atoms with Crippen LogP contribution >= 0.6 is 0 Å². The molecule has 0 bridgehead atoms. The molecule has 0 atom stereocenters. The highest BCUT2D eigenvalue weighted by Crippen LogP contribution is 2.20. The van der Waals surface area contributed by atoms with E-state index < -0.39 is 0 Å². The fourth-order valence-electron chi connectivity index (χ4n) is 2.26. The first kappa shape index (κ1) is 14.5. The number of carbonyl (C=O) groups is 1. The lowest BCUT2D eigenvalue weighted by Gasteiger charge is -2.41. The summed E-state index contributed by atoms with van der Waals surface area (Å²) in [5.41, 5.74) is 5.63. The van der Waals surface area contributed by atoms with Crippen molar-refractivity contribution in [3.05, 3.63) is 0 Å². The van der Waals surface area contributed by atoms with E-state index in [9.17, 15) is 4.79 Å². The molecule has 0 aromatic rings. The Balaban J connectivity index is 2.25. The smallest absolute Gasteiger partial charge is 0.220 e. The monoisotopic (exact) mass is 241 g/mol. The Bertz CT molecular complexity index is 240. The molecule has 1 fully saturated rings. The third-order valence-electron chi connectivity index (χ3n) is 3.42. The minimum Gasteiger partial charge on any atom is -0.353 e. The largest absolute Gasteiger partial charge is 0.353 e. The van der Waals surface area contributed by atoms with Crippen molar-refractivity contribution in [1.82, 2.24) is 10.2 Å². The molecule has 4 nitrogen and oxygen atoms in total. The molecule has 1 saturated heterocycles. The van der Waals surface area contributed by atoms with Crippen molar-refractivity contribution in [2.45, 2.75) is 58.0 Å². The lowest BCUT2D eigenvalue weighted by molar-refractivity contribution is -0.122. The Hall–Kier alpha value is -0.610. The lowest BCUT2D eigenvalue weighted by Crippen LogP contribution is -2.50. The number of likely N-dealkylation sites (tertiary alicyclic amines) is 1. The van der Waals surface area contributed by atoms with Gasteiger partial charge in [0.2, 0.25) is 5.91 Å². The van der Waals surface area contributed by atoms with E-state index in [-0.39, 0.29) is 11.4 Å². The predicted octanol–water partition coefficient (Wildman–Crippen LogP) is 1.10. The van der Waals surface area contributed by atoms with E-state index in [2.05, 4.69) is 31.0 Å². The summed E-state index contributed by atoms with van der Waals surface area (Å²) >= 11 is 0. The Morgan fingerprint density at radius 1 is 1.35 bits per heavy atom. The van der Waals surface area contributed by atoms with E-state index in [1.54, 1.807) is 0 Å². The molecule has 1 rings (SSSR count). The van der Waals surface area contributed by atoms with Gasteiger partial charge in [-0.1, -0.05) is 0 Å². The van der Waals surface area contributed by atoms with Gasteiger partial charge >= 0.3 is 0 Å². The molecular weight excluding hydrogens is 214 g/mol. The molecule has 4 heteroatoms. The Morgan fingerprint density at radius 2 is 1.94 bits per heavy atom. The van der Waals surface area contributed by atoms with Crippen molar-refractivity contribution in [2.24, 2.45) is 5.73 Å². The molecule has 0 saturated carbocycles. The SMILES string of the molecule is CC(C)(C)N1CCC(NC(=O)CCCN)CC1. The van der Waals surface area contributed by atoms with Gasteiger partial charge in [-0.2, -0.15) is 0 Å². The van der Waals surface area contributed by atoms with Crippen molar-refractivity contribution in [1.29, 1.82) is 0 Å². The van der Waals surface area contributed by atoms with E-state index in [0.29, 0.717) is 19.0 Å². The number of carbonyl (C=O) groups excluding carboxylic acids is 1. The summed E-state index contributed by atoms with van der Waals surface area (Å²) < 4.78 is 0. The average Bonchev–Trinajstić information content (AvgIpc) is 2.26. The van der Waals surface area contributed by atoms with E-state index in [0.717, 1.165) is 32.4 Å². The van der Waals surface area contributed by atoms with E-state index in [1.165, 1.54) is 0 Å². The third-order valence-corrected chi connectivity index (χ3v) is 3.42. The Morgan fingerprint density at radius 3 is 2.41 bits per heavy atom. The maximum atomic E-state index is 11.6. The highest BCUT2D eigenvalue weighted by Gasteiger charge is 2.27. The number of piperidine rings is 1. The molecule has 3 N–H and O–H groups in total. The first-order valence-electron chi connectivity index (χ1n) is 6.68. The van der Waals surface area contributed by atoms with E-state index >= 15 is 0 Å². The summed E-state index contributed by atoms with van der Waals surface area (Å²) in [6.07, 6.45) is 3.47. The quantitative estimate of drug-likeness (QED) is 0.775. The molecule has 100 valence electrons. The first-order chi connectivity index (χ1) is 7.93. The lowest BCUT2D eigenvalue weighted by atomic mass is 9.98. The van der Waals surface area contributed by atoms with Crippen molar-refractivity contribution in [3.8, 4) is 0 Å². The molecule has 1 amide bonds. The highest BCUT2D eigenvalue weighted by atomic mass is 16.1. The number of nitrogens with one attached hydrogen (secondary N) is 1. The first-order valence-corrected chi connectivity index (χ1v) is 6.68. The number of nitrogens with two attached hydrogens (primary N) is 1. The zero-order chi connectivity index (χ0) is 12.9. The second-order valence-electron chi connectivity index (χ2n) is 5.89. The molecule has 0 aromatic heterocycles. The molecule has 0 aliphatic carbocycles. The Labute approximate surface area is 105 Å². The van der Waals surface area contributed by atoms with Gasteiger partial charge in [-0.05, 0) is 46.6 Å². The van der Waals surface area contributed by atoms with Crippen LogP contribution in [-0.2, 0) is 4.79 Å². The molecule has 0 aromatic carbocycles. The summed E-state index contributed by atoms with van der Waals surface area (Å²) in [4.78, 5) is 14.1. The van der Waals surface area contributed by atoms with Crippen molar-refractivity contribution in [3.63, 3.8) is 0 Å². The van der Waals surface area contributed by atoms with Crippen LogP contribution in [0.25, 0.3) is 0 Å². The van der Waals surface area contributed by atoms with Crippen LogP contribution in [0.2, 0.25) is 0 Å². The predicted molar refractivity (Wildman–Crippen MR) is 70.8 cm³/mol. The minimum absolute atomic E-state index is 0.157. The molecule has 1 aliphatic heterocycles. The fraction of sp³-hybridized carbons (Fsp3) is 0.923. The number of hydrogen-bond acceptors (Lipinski definition) is 3. The van der Waals surface area contributed by atoms with Gasteiger partial charge in [-0.3, -0.25) is 9.69 Å². The van der Waals surface area contributed by atoms with Gasteiger partial charge in [0.25, 0.3) is 0 Å². The summed E-state index contributed by atoms with van der Waals surface area (Å²) in [5, 5.41) is 3.10. The normalized spacial score (nSPS) is 19.3. The number of amides is 1. The number of rotatable bonds is 4. The van der Waals surface area contributed by atoms with Crippen LogP contribution < -0.4 is 11.1 Å². The second-order valence-corrected chi connectivity index (χ2v) is 5.89. The average molecular weight is 241 g/mol. The Kier molecular flexibility index (Phi) is 5.40. The van der Waals surface area contributed by atoms with Crippen LogP contribution in [0.5, 0.6) is 0 Å². The van der Waals surface area contributed by atoms with Gasteiger partial charge in [0.05, 0.1) is 0 Å². The van der Waals surface area contributed by atoms with Crippen LogP contribution in [0.3, 0.4) is 0 Å². The summed E-state index contributed by atoms with van der Waals surface area (Å²) in [6, 6.07) is 0.360. The van der Waals surface area contributed by atoms with Crippen LogP contribution in [0, 0.1) is 0 Å². The molecule has 17 heavy (non-hydrogen) atoms. The summed E-state index contributed by atoms with van der Waals surface area (Å²) in [5.74, 6) is 0.157. The van der Waals surface area contributed by atoms with Crippen LogP contribution in [-0.4, -0.2) is 42.0 Å². The van der Waals surface area contributed by atoms with Gasteiger partial charge in [-0.15, -0.1) is 0 Å². The van der Waals surface area contributed by atoms with Gasteiger partial charge in [0.1, 0.15) is 0 Å². The van der Waals surface area contributed by atoms with Gasteiger partial charge in [0.15, 0.2) is 0 Å². The van der Waals surface area contributed by atoms with Gasteiger partial charge in [0, 0.05) is 31.1 Å². The minimum atomic E-state index is 0.157. The van der Waals surface area contributed by atoms with Crippen molar-refractivity contribution < 1.29 is 4.79 Å². The maximum Gasteiger partial charge on any atom is 0.220 e. The highest BCUT2D eigenvalue weighted by molar-refractivity contribution is 5.76. The van der Waals surface area contributed by atoms with Crippen LogP contribution in [0.4, 0.5) is 0 Å². The topological polar surface area (TPSA) is 58.4 Å². The van der Waals surface area contributed by atoms with E-state index in [1.807, 2.05) is 0 Å². The number of nitrogens with zero attached hydrogens (tertiary/aromatic N) is 1. The molecule has 0 radical (unpaired) electrons. The van der Waals surface area contributed by atoms with Crippen molar-refractivity contribution in [2.75, 3.05) is 19.6 Å². The van der Waals surface area contributed by atoms with E-state index in [4.69, 9.17) is 5.73 Å². The van der Waals surface area contributed by atoms with Gasteiger partial charge in [-0.25, -0.2) is 0 Å². The molecule has 1 aliphatic rings. The maximum absolute atomic E-state index is 11.6. The standard InChI is InChI=1S/C13H27N3O/c1-13(2,3)16-9-6-11(7-10-16)15-12(17)5-4-8-14/h11H,4-10,14H2,1-3H3,(H,15,17). The fourth-order valence-corrected chi connectivity index (χ4v) is 2.26. The third kappa shape index (κ3) is 5.04. The van der Waals surface area contributed by atoms with Crippen LogP contribution in [0.1, 0.15) is 46.5 Å². The summed E-state index contributed by atoms with van der Waals surface area (Å²) in [7, 11) is 0. The second kappa shape index (κ2) is 6.36. The number of hydrogen-bond donors (Lipinski definition) is 2. The zero-order valence-electron chi connectivity index (χ0n) is 11.5. The molecular formula is C13H27N3O. The molecule has 0 spiro atoms. The molecule has 0 unspecified atom stereocenters. The van der Waals surface area contributed by atoms with Crippen LogP contribution in [0.15, 0.2) is 0 Å². The van der Waals surface area contributed by atoms with Gasteiger partial charge < -0.3 is 11.1 Å². The zero-order valence-corrected chi connectivity index (χ0v) is 11.5. The summed E-state index contributed by atoms with van der Waals surface area (Å²) in [6.45, 7) is 9.47.